The second-order valence-electron chi connectivity index (χ2n) is 2.24. The number of nitrogens with zero attached hydrogens (tertiary/aromatic N) is 1. The van der Waals surface area contributed by atoms with Crippen molar-refractivity contribution in [2.75, 3.05) is 21.1 Å². The molecular formula is C7H14N2O. The molecule has 3 heteroatoms. The van der Waals surface area contributed by atoms with Crippen molar-refractivity contribution in [1.29, 1.82) is 0 Å². The van der Waals surface area contributed by atoms with E-state index in [1.165, 1.54) is 0 Å². The second kappa shape index (κ2) is 4.85. The first-order valence-electron chi connectivity index (χ1n) is 3.19. The molecule has 1 N–H and O–H groups in total. The van der Waals surface area contributed by atoms with Crippen molar-refractivity contribution in [1.82, 2.24) is 10.2 Å². The number of carbonyl (C=O) groups is 1. The van der Waals surface area contributed by atoms with Crippen LogP contribution in [-0.4, -0.2) is 32.3 Å². The third-order valence-electron chi connectivity index (χ3n) is 1.04. The maximum absolute atomic E-state index is 10.1. The zero-order chi connectivity index (χ0) is 7.98. The molecule has 0 fully saturated rings. The first-order chi connectivity index (χ1) is 4.70. The largest absolute Gasteiger partial charge is 0.390 e. The van der Waals surface area contributed by atoms with Crippen LogP contribution in [0, 0.1) is 0 Å². The molecule has 0 aromatic heterocycles. The van der Waals surface area contributed by atoms with Gasteiger partial charge in [0.25, 0.3) is 0 Å². The van der Waals surface area contributed by atoms with Crippen molar-refractivity contribution in [3.8, 4) is 0 Å². The smallest absolute Gasteiger partial charge is 0.125 e. The van der Waals surface area contributed by atoms with E-state index in [0.717, 1.165) is 12.0 Å². The highest BCUT2D eigenvalue weighted by Gasteiger charge is 1.90. The summed E-state index contributed by atoms with van der Waals surface area (Å²) in [6, 6.07) is 0. The van der Waals surface area contributed by atoms with Gasteiger partial charge in [-0.1, -0.05) is 0 Å². The van der Waals surface area contributed by atoms with E-state index in [0.29, 0.717) is 6.42 Å². The summed E-state index contributed by atoms with van der Waals surface area (Å²) in [6.45, 7) is 0. The van der Waals surface area contributed by atoms with Gasteiger partial charge in [-0.2, -0.15) is 0 Å². The Labute approximate surface area is 61.7 Å². The Balaban J connectivity index is 3.90. The molecule has 58 valence electrons. The summed E-state index contributed by atoms with van der Waals surface area (Å²) >= 11 is 0. The summed E-state index contributed by atoms with van der Waals surface area (Å²) in [4.78, 5) is 12.0. The molecule has 0 aromatic rings. The van der Waals surface area contributed by atoms with Crippen LogP contribution in [0.25, 0.3) is 0 Å². The van der Waals surface area contributed by atoms with Crippen LogP contribution in [0.3, 0.4) is 0 Å². The van der Waals surface area contributed by atoms with Gasteiger partial charge in [0.2, 0.25) is 0 Å². The number of rotatable bonds is 4. The van der Waals surface area contributed by atoms with Gasteiger partial charge < -0.3 is 15.0 Å². The quantitative estimate of drug-likeness (QED) is 0.569. The molecule has 0 rings (SSSR count). The van der Waals surface area contributed by atoms with E-state index in [1.54, 1.807) is 7.05 Å². The summed E-state index contributed by atoms with van der Waals surface area (Å²) in [7, 11) is 5.64. The van der Waals surface area contributed by atoms with Gasteiger partial charge in [0.1, 0.15) is 6.29 Å². The monoisotopic (exact) mass is 142 g/mol. The molecule has 0 aliphatic heterocycles. The molecule has 0 saturated carbocycles. The Hall–Kier alpha value is -0.990. The fraction of sp³-hybridized carbons (Fsp3) is 0.571. The molecule has 0 aromatic carbocycles. The van der Waals surface area contributed by atoms with Crippen LogP contribution in [0.1, 0.15) is 6.42 Å². The van der Waals surface area contributed by atoms with Gasteiger partial charge in [0.05, 0.1) is 0 Å². The highest BCUT2D eigenvalue weighted by atomic mass is 16.1. The lowest BCUT2D eigenvalue weighted by atomic mass is 10.3. The zero-order valence-electron chi connectivity index (χ0n) is 6.72. The van der Waals surface area contributed by atoms with Crippen molar-refractivity contribution in [2.24, 2.45) is 0 Å². The number of nitrogens with one attached hydrogen (secondary N) is 1. The Kier molecular flexibility index (Phi) is 4.37. The molecule has 0 radical (unpaired) electrons. The molecule has 3 nitrogen and oxygen atoms in total. The van der Waals surface area contributed by atoms with Gasteiger partial charge in [-0.25, -0.2) is 0 Å². The Morgan fingerprint density at radius 2 is 2.20 bits per heavy atom. The minimum absolute atomic E-state index is 0.453. The Bertz CT molecular complexity index is 130. The number of hydrogen-bond acceptors (Lipinski definition) is 3. The average molecular weight is 142 g/mol. The standard InChI is InChI=1S/C7H14N2O/c1-8-7(4-5-10)6-9(2)3/h5-6,8H,4H2,1-3H3/b7-6-. The van der Waals surface area contributed by atoms with Crippen LogP contribution < -0.4 is 5.32 Å². The first kappa shape index (κ1) is 9.01. The zero-order valence-corrected chi connectivity index (χ0v) is 6.72. The lowest BCUT2D eigenvalue weighted by Crippen LogP contribution is -2.12. The van der Waals surface area contributed by atoms with Gasteiger partial charge >= 0.3 is 0 Å². The van der Waals surface area contributed by atoms with Crippen LogP contribution in [-0.2, 0) is 4.79 Å². The maximum atomic E-state index is 10.1. The van der Waals surface area contributed by atoms with Crippen LogP contribution in [0.4, 0.5) is 0 Å². The molecule has 0 heterocycles. The van der Waals surface area contributed by atoms with Gasteiger partial charge in [-0.15, -0.1) is 0 Å². The fourth-order valence-electron chi connectivity index (χ4n) is 0.621. The predicted molar refractivity (Wildman–Crippen MR) is 41.5 cm³/mol. The molecular weight excluding hydrogens is 128 g/mol. The highest BCUT2D eigenvalue weighted by Crippen LogP contribution is 1.92. The van der Waals surface area contributed by atoms with Crippen molar-refractivity contribution < 1.29 is 4.79 Å². The normalized spacial score (nSPS) is 10.9. The van der Waals surface area contributed by atoms with Crippen molar-refractivity contribution in [3.63, 3.8) is 0 Å². The molecule has 0 amide bonds. The lowest BCUT2D eigenvalue weighted by Gasteiger charge is -2.08. The number of hydrogen-bond donors (Lipinski definition) is 1. The molecule has 0 aliphatic rings. The van der Waals surface area contributed by atoms with Crippen molar-refractivity contribution in [2.45, 2.75) is 6.42 Å². The van der Waals surface area contributed by atoms with Crippen LogP contribution >= 0.6 is 0 Å². The van der Waals surface area contributed by atoms with Gasteiger partial charge in [0, 0.05) is 39.5 Å². The SMILES string of the molecule is CN/C(=C\N(C)C)CC=O. The van der Waals surface area contributed by atoms with E-state index < -0.39 is 0 Å². The summed E-state index contributed by atoms with van der Waals surface area (Å²) < 4.78 is 0. The second-order valence-corrected chi connectivity index (χ2v) is 2.24. The van der Waals surface area contributed by atoms with Gasteiger partial charge in [0.15, 0.2) is 0 Å². The lowest BCUT2D eigenvalue weighted by molar-refractivity contribution is -0.107. The van der Waals surface area contributed by atoms with Gasteiger partial charge in [-0.3, -0.25) is 0 Å². The van der Waals surface area contributed by atoms with E-state index in [-0.39, 0.29) is 0 Å². The van der Waals surface area contributed by atoms with Crippen molar-refractivity contribution >= 4 is 6.29 Å². The Morgan fingerprint density at radius 3 is 2.50 bits per heavy atom. The maximum Gasteiger partial charge on any atom is 0.125 e. The molecule has 0 aliphatic carbocycles. The van der Waals surface area contributed by atoms with E-state index in [1.807, 2.05) is 25.2 Å². The summed E-state index contributed by atoms with van der Waals surface area (Å²) in [5.41, 5.74) is 0.931. The third-order valence-corrected chi connectivity index (χ3v) is 1.04. The van der Waals surface area contributed by atoms with E-state index >= 15 is 0 Å². The van der Waals surface area contributed by atoms with Crippen LogP contribution in [0.15, 0.2) is 11.9 Å². The minimum atomic E-state index is 0.453. The molecule has 0 spiro atoms. The first-order valence-corrected chi connectivity index (χ1v) is 3.19. The number of allylic oxidation sites excluding steroid dienone is 1. The Morgan fingerprint density at radius 1 is 1.60 bits per heavy atom. The topological polar surface area (TPSA) is 32.3 Å². The molecule has 0 bridgehead atoms. The van der Waals surface area contributed by atoms with Crippen LogP contribution in [0.2, 0.25) is 0 Å². The molecule has 0 atom stereocenters. The van der Waals surface area contributed by atoms with E-state index in [9.17, 15) is 4.79 Å². The fourth-order valence-corrected chi connectivity index (χ4v) is 0.621. The summed E-state index contributed by atoms with van der Waals surface area (Å²) in [5.74, 6) is 0. The number of aldehydes is 1. The molecule has 0 unspecified atom stereocenters. The average Bonchev–Trinajstić information content (AvgIpc) is 1.86. The van der Waals surface area contributed by atoms with E-state index in [2.05, 4.69) is 5.32 Å². The number of carbonyl (C=O) groups excluding carboxylic acids is 1. The summed E-state index contributed by atoms with van der Waals surface area (Å²) in [5, 5.41) is 2.92. The van der Waals surface area contributed by atoms with E-state index in [4.69, 9.17) is 0 Å². The van der Waals surface area contributed by atoms with Crippen LogP contribution in [0.5, 0.6) is 0 Å². The van der Waals surface area contributed by atoms with Crippen molar-refractivity contribution in [3.05, 3.63) is 11.9 Å². The highest BCUT2D eigenvalue weighted by molar-refractivity contribution is 5.53. The predicted octanol–water partition coefficient (Wildman–Crippen LogP) is 0.198. The third kappa shape index (κ3) is 3.95. The molecule has 10 heavy (non-hydrogen) atoms. The summed E-state index contributed by atoms with van der Waals surface area (Å²) in [6.07, 6.45) is 3.22. The van der Waals surface area contributed by atoms with Gasteiger partial charge in [-0.05, 0) is 0 Å². The minimum Gasteiger partial charge on any atom is -0.390 e. The molecule has 0 saturated heterocycles.